The highest BCUT2D eigenvalue weighted by atomic mass is 35.5. The van der Waals surface area contributed by atoms with Crippen molar-refractivity contribution in [2.75, 3.05) is 37.8 Å². The van der Waals surface area contributed by atoms with Crippen molar-refractivity contribution in [1.82, 2.24) is 9.62 Å². The Morgan fingerprint density at radius 3 is 2.30 bits per heavy atom. The molecule has 1 aliphatic carbocycles. The number of hydrogen-bond acceptors (Lipinski definition) is 11. The number of sulfonamides is 1. The first-order valence-electron chi connectivity index (χ1n) is 19.5. The molecule has 3 aromatic carbocycles. The molecular weight excluding hydrogens is 845 g/mol. The van der Waals surface area contributed by atoms with Gasteiger partial charge in [-0.05, 0) is 97.6 Å². The van der Waals surface area contributed by atoms with Crippen molar-refractivity contribution in [3.8, 4) is 11.5 Å². The molecule has 1 aromatic heterocycles. The van der Waals surface area contributed by atoms with Gasteiger partial charge in [-0.1, -0.05) is 59.6 Å². The SMILES string of the molecule is CS(=O)(=O)NCc1cc(NC(C(=O)O[C@H]2CN3CCC2CC3)c2ccccc2)cc(C(=O)O[C@@H](Cc2c(Cl)c[n+]([O-])cc2Cl)c2ccc(OC(F)F)c(OCC3CC3)c2)c1. The molecule has 3 aliphatic heterocycles. The predicted molar refractivity (Wildman–Crippen MR) is 219 cm³/mol. The summed E-state index contributed by atoms with van der Waals surface area (Å²) < 4.78 is 76.9. The molecule has 13 nitrogen and oxygen atoms in total. The molecule has 0 radical (unpaired) electrons. The lowest BCUT2D eigenvalue weighted by molar-refractivity contribution is -0.605. The number of anilines is 1. The molecule has 1 unspecified atom stereocenters. The van der Waals surface area contributed by atoms with Gasteiger partial charge in [0.2, 0.25) is 10.0 Å². The average Bonchev–Trinajstić information content (AvgIpc) is 4.04. The predicted octanol–water partition coefficient (Wildman–Crippen LogP) is 7.00. The molecule has 320 valence electrons. The van der Waals surface area contributed by atoms with Crippen LogP contribution < -0.4 is 24.2 Å². The number of alkyl halides is 2. The van der Waals surface area contributed by atoms with Gasteiger partial charge in [0.05, 0.1) is 18.4 Å². The highest BCUT2D eigenvalue weighted by Crippen LogP contribution is 2.39. The fourth-order valence-electron chi connectivity index (χ4n) is 7.42. The van der Waals surface area contributed by atoms with Gasteiger partial charge in [-0.15, -0.1) is 0 Å². The Morgan fingerprint density at radius 1 is 0.950 bits per heavy atom. The Hall–Kier alpha value is -4.74. The Bertz CT molecular complexity index is 2280. The maximum absolute atomic E-state index is 14.3. The number of nitrogens with one attached hydrogen (secondary N) is 2. The maximum atomic E-state index is 14.3. The summed E-state index contributed by atoms with van der Waals surface area (Å²) in [5.74, 6) is -1.10. The Morgan fingerprint density at radius 2 is 1.67 bits per heavy atom. The van der Waals surface area contributed by atoms with Crippen LogP contribution in [0.3, 0.4) is 0 Å². The lowest BCUT2D eigenvalue weighted by Gasteiger charge is -2.44. The Balaban J connectivity index is 1.22. The molecule has 0 amide bonds. The minimum atomic E-state index is -3.67. The molecular formula is C42H44Cl2F2N4O9S. The molecule has 4 fully saturated rings. The highest BCUT2D eigenvalue weighted by molar-refractivity contribution is 7.88. The van der Waals surface area contributed by atoms with Crippen molar-refractivity contribution in [3.63, 3.8) is 0 Å². The first kappa shape index (κ1) is 43.4. The number of ether oxygens (including phenoxy) is 4. The van der Waals surface area contributed by atoms with E-state index in [0.717, 1.165) is 57.4 Å². The fraction of sp³-hybridized carbons (Fsp3) is 0.405. The molecule has 4 heterocycles. The van der Waals surface area contributed by atoms with Crippen molar-refractivity contribution in [1.29, 1.82) is 0 Å². The summed E-state index contributed by atoms with van der Waals surface area (Å²) in [6.07, 6.45) is 5.28. The third kappa shape index (κ3) is 11.5. The second-order valence-electron chi connectivity index (χ2n) is 15.3. The lowest BCUT2D eigenvalue weighted by Crippen LogP contribution is -2.52. The van der Waals surface area contributed by atoms with Gasteiger partial charge in [-0.3, -0.25) is 4.90 Å². The van der Waals surface area contributed by atoms with E-state index in [4.69, 9.17) is 42.1 Å². The highest BCUT2D eigenvalue weighted by Gasteiger charge is 2.38. The number of carbonyl (C=O) groups is 2. The standard InChI is InChI=1S/C42H44Cl2F2N4O9S/c1-60(54,55)47-20-26-15-30(17-31(16-26)48-39(28-5-3-2-4-6-28)41(52)58-38-23-49-13-11-27(38)12-14-49)40(51)57-36(19-32-33(43)21-50(53)22-34(32)44)29-9-10-35(59-42(45)46)37(18-29)56-24-25-7-8-25/h2-6,9-10,15-18,21-22,25,27,36,38-39,42,47-48H,7-8,11-14,19-20,23-24H2,1H3/t36-,38-,39?/m0/s1. The summed E-state index contributed by atoms with van der Waals surface area (Å²) in [6.45, 7) is -0.512. The smallest absolute Gasteiger partial charge is 0.387 e. The second-order valence-corrected chi connectivity index (χ2v) is 18.0. The number of esters is 2. The fourth-order valence-corrected chi connectivity index (χ4v) is 8.45. The minimum absolute atomic E-state index is 0.000760. The summed E-state index contributed by atoms with van der Waals surface area (Å²) in [7, 11) is -3.67. The molecule has 60 heavy (non-hydrogen) atoms. The molecule has 8 rings (SSSR count). The Labute approximate surface area is 356 Å². The molecule has 0 spiro atoms. The minimum Gasteiger partial charge on any atom is -0.619 e. The zero-order valence-electron chi connectivity index (χ0n) is 32.5. The number of benzene rings is 3. The van der Waals surface area contributed by atoms with E-state index in [-0.39, 0.29) is 75.9 Å². The number of fused-ring (bicyclic) bond motifs is 3. The molecule has 4 aliphatic rings. The van der Waals surface area contributed by atoms with Gasteiger partial charge < -0.3 is 29.5 Å². The maximum Gasteiger partial charge on any atom is 0.387 e. The summed E-state index contributed by atoms with van der Waals surface area (Å²) in [4.78, 5) is 30.6. The molecule has 3 saturated heterocycles. The van der Waals surface area contributed by atoms with Gasteiger partial charge in [0.1, 0.15) is 22.3 Å². The summed E-state index contributed by atoms with van der Waals surface area (Å²) >= 11 is 12.9. The van der Waals surface area contributed by atoms with Crippen LogP contribution in [0.1, 0.15) is 70.4 Å². The zero-order valence-corrected chi connectivity index (χ0v) is 34.9. The van der Waals surface area contributed by atoms with Gasteiger partial charge in [0.15, 0.2) is 29.9 Å². The van der Waals surface area contributed by atoms with E-state index in [9.17, 15) is 32.0 Å². The molecule has 18 heteroatoms. The van der Waals surface area contributed by atoms with E-state index >= 15 is 0 Å². The summed E-state index contributed by atoms with van der Waals surface area (Å²) in [5.41, 5.74) is 1.77. The van der Waals surface area contributed by atoms with Crippen LogP contribution in [0.15, 0.2) is 79.1 Å². The van der Waals surface area contributed by atoms with Crippen LogP contribution in [-0.2, 0) is 37.3 Å². The normalized spacial score (nSPS) is 19.7. The molecule has 1 saturated carbocycles. The first-order valence-corrected chi connectivity index (χ1v) is 22.1. The molecule has 2 bridgehead atoms. The third-order valence-electron chi connectivity index (χ3n) is 10.7. The van der Waals surface area contributed by atoms with Crippen molar-refractivity contribution in [2.45, 2.75) is 63.5 Å². The topological polar surface area (TPSA) is 159 Å². The monoisotopic (exact) mass is 888 g/mol. The number of piperidine rings is 3. The van der Waals surface area contributed by atoms with Crippen LogP contribution in [0.2, 0.25) is 10.0 Å². The molecule has 2 N–H and O–H groups in total. The summed E-state index contributed by atoms with van der Waals surface area (Å²) in [6, 6.07) is 16.6. The van der Waals surface area contributed by atoms with Crippen molar-refractivity contribution in [3.05, 3.63) is 122 Å². The van der Waals surface area contributed by atoms with Gasteiger partial charge in [-0.25, -0.2) is 22.7 Å². The van der Waals surface area contributed by atoms with Crippen molar-refractivity contribution >= 4 is 50.9 Å². The number of carbonyl (C=O) groups excluding carboxylic acids is 2. The second kappa shape index (κ2) is 18.9. The largest absolute Gasteiger partial charge is 0.619 e. The van der Waals surface area contributed by atoms with Crippen LogP contribution >= 0.6 is 23.2 Å². The van der Waals surface area contributed by atoms with E-state index in [2.05, 4.69) is 14.9 Å². The van der Waals surface area contributed by atoms with Crippen molar-refractivity contribution < 1.29 is 50.5 Å². The van der Waals surface area contributed by atoms with Crippen LogP contribution in [-0.4, -0.2) is 70.5 Å². The van der Waals surface area contributed by atoms with Gasteiger partial charge in [0.25, 0.3) is 0 Å². The lowest BCUT2D eigenvalue weighted by atomic mass is 9.86. The van der Waals surface area contributed by atoms with Crippen LogP contribution in [0.4, 0.5) is 14.5 Å². The van der Waals surface area contributed by atoms with Gasteiger partial charge in [0, 0.05) is 30.8 Å². The zero-order chi connectivity index (χ0) is 42.6. The van der Waals surface area contributed by atoms with Crippen molar-refractivity contribution in [2.24, 2.45) is 11.8 Å². The average molecular weight is 890 g/mol. The van der Waals surface area contributed by atoms with Crippen LogP contribution in [0.25, 0.3) is 0 Å². The molecule has 3 atom stereocenters. The van der Waals surface area contributed by atoms with E-state index in [1.165, 1.54) is 30.3 Å². The number of hydrogen-bond donors (Lipinski definition) is 2. The molecule has 4 aromatic rings. The van der Waals surface area contributed by atoms with Gasteiger partial charge >= 0.3 is 18.6 Å². The van der Waals surface area contributed by atoms with E-state index in [1.54, 1.807) is 30.3 Å². The number of halogens is 4. The van der Waals surface area contributed by atoms with Crippen LogP contribution in [0.5, 0.6) is 11.5 Å². The third-order valence-corrected chi connectivity index (χ3v) is 12.1. The number of aromatic nitrogens is 1. The van der Waals surface area contributed by atoms with Gasteiger partial charge in [-0.2, -0.15) is 13.5 Å². The Kier molecular flexibility index (Phi) is 13.7. The van der Waals surface area contributed by atoms with Crippen LogP contribution in [0, 0.1) is 17.0 Å². The van der Waals surface area contributed by atoms with E-state index in [0.29, 0.717) is 28.0 Å². The number of nitrogens with zero attached hydrogens (tertiary/aromatic N) is 2. The van der Waals surface area contributed by atoms with E-state index in [1.807, 2.05) is 6.07 Å². The van der Waals surface area contributed by atoms with E-state index < -0.39 is 40.7 Å². The quantitative estimate of drug-likeness (QED) is 0.0602. The number of pyridine rings is 1. The summed E-state index contributed by atoms with van der Waals surface area (Å²) in [5, 5.41) is 15.3. The number of rotatable bonds is 18. The first-order chi connectivity index (χ1) is 28.7.